The molecule has 4 heterocycles. The number of anilines is 1. The van der Waals surface area contributed by atoms with Crippen molar-refractivity contribution >= 4 is 22.6 Å². The number of para-hydroxylation sites is 1. The van der Waals surface area contributed by atoms with E-state index in [2.05, 4.69) is 24.8 Å². The molecule has 1 fully saturated rings. The maximum absolute atomic E-state index is 13.0. The standard InChI is InChI=1S/C23H23N7O/c1-16-17(2)30(15-26-16)22-13-21(24-14-25-22)28-9-11-29(12-10-28)23(31)20-8-7-18-5-3-4-6-19(18)27-20/h3-8,13-15H,9-12H2,1-2H3. The van der Waals surface area contributed by atoms with Gasteiger partial charge in [0.1, 0.15) is 30.0 Å². The quantitative estimate of drug-likeness (QED) is 0.514. The van der Waals surface area contributed by atoms with Crippen LogP contribution in [0.1, 0.15) is 21.9 Å². The van der Waals surface area contributed by atoms with Gasteiger partial charge in [-0.1, -0.05) is 24.3 Å². The van der Waals surface area contributed by atoms with E-state index in [0.717, 1.165) is 33.9 Å². The normalized spacial score (nSPS) is 14.3. The van der Waals surface area contributed by atoms with Gasteiger partial charge >= 0.3 is 0 Å². The molecule has 31 heavy (non-hydrogen) atoms. The van der Waals surface area contributed by atoms with Gasteiger partial charge in [0.05, 0.1) is 11.2 Å². The molecule has 5 rings (SSSR count). The molecule has 1 amide bonds. The number of hydrogen-bond donors (Lipinski definition) is 0. The zero-order chi connectivity index (χ0) is 21.4. The first-order chi connectivity index (χ1) is 15.1. The summed E-state index contributed by atoms with van der Waals surface area (Å²) in [6.07, 6.45) is 3.36. The van der Waals surface area contributed by atoms with Gasteiger partial charge in [-0.25, -0.2) is 19.9 Å². The molecular weight excluding hydrogens is 390 g/mol. The maximum Gasteiger partial charge on any atom is 0.272 e. The molecule has 4 aromatic rings. The zero-order valence-corrected chi connectivity index (χ0v) is 17.6. The number of rotatable bonds is 3. The molecule has 0 unspecified atom stereocenters. The number of amides is 1. The minimum Gasteiger partial charge on any atom is -0.353 e. The van der Waals surface area contributed by atoms with Gasteiger partial charge in [-0.05, 0) is 26.0 Å². The van der Waals surface area contributed by atoms with Crippen LogP contribution >= 0.6 is 0 Å². The van der Waals surface area contributed by atoms with E-state index in [0.29, 0.717) is 31.9 Å². The number of fused-ring (bicyclic) bond motifs is 1. The van der Waals surface area contributed by atoms with E-state index in [1.165, 1.54) is 0 Å². The predicted molar refractivity (Wildman–Crippen MR) is 118 cm³/mol. The lowest BCUT2D eigenvalue weighted by Crippen LogP contribution is -2.49. The summed E-state index contributed by atoms with van der Waals surface area (Å²) in [6, 6.07) is 13.6. The van der Waals surface area contributed by atoms with Gasteiger partial charge in [-0.2, -0.15) is 0 Å². The lowest BCUT2D eigenvalue weighted by atomic mass is 10.2. The summed E-state index contributed by atoms with van der Waals surface area (Å²) in [4.78, 5) is 34.8. The summed E-state index contributed by atoms with van der Waals surface area (Å²) in [6.45, 7) is 6.66. The van der Waals surface area contributed by atoms with Crippen molar-refractivity contribution < 1.29 is 4.79 Å². The van der Waals surface area contributed by atoms with Crippen LogP contribution in [0.15, 0.2) is 55.1 Å². The van der Waals surface area contributed by atoms with E-state index < -0.39 is 0 Å². The van der Waals surface area contributed by atoms with Gasteiger partial charge in [0, 0.05) is 43.3 Å². The number of aromatic nitrogens is 5. The summed E-state index contributed by atoms with van der Waals surface area (Å²) in [5.74, 6) is 1.62. The third-order valence-electron chi connectivity index (χ3n) is 5.85. The number of hydrogen-bond acceptors (Lipinski definition) is 6. The van der Waals surface area contributed by atoms with Crippen LogP contribution in [0.4, 0.5) is 5.82 Å². The Balaban J connectivity index is 1.29. The van der Waals surface area contributed by atoms with Crippen LogP contribution in [0.3, 0.4) is 0 Å². The fourth-order valence-corrected chi connectivity index (χ4v) is 3.86. The fraction of sp³-hybridized carbons (Fsp3) is 0.261. The second-order valence-corrected chi connectivity index (χ2v) is 7.69. The van der Waals surface area contributed by atoms with Crippen molar-refractivity contribution in [1.29, 1.82) is 0 Å². The van der Waals surface area contributed by atoms with Crippen molar-refractivity contribution in [1.82, 2.24) is 29.4 Å². The number of carbonyl (C=O) groups excluding carboxylic acids is 1. The molecule has 1 aromatic carbocycles. The Morgan fingerprint density at radius 2 is 1.68 bits per heavy atom. The van der Waals surface area contributed by atoms with E-state index in [4.69, 9.17) is 0 Å². The minimum atomic E-state index is -0.0294. The van der Waals surface area contributed by atoms with Crippen LogP contribution in [0.2, 0.25) is 0 Å². The Labute approximate surface area is 180 Å². The van der Waals surface area contributed by atoms with E-state index in [1.807, 2.05) is 65.8 Å². The zero-order valence-electron chi connectivity index (χ0n) is 17.6. The summed E-state index contributed by atoms with van der Waals surface area (Å²) < 4.78 is 1.96. The van der Waals surface area contributed by atoms with Gasteiger partial charge < -0.3 is 9.80 Å². The smallest absolute Gasteiger partial charge is 0.272 e. The highest BCUT2D eigenvalue weighted by Gasteiger charge is 2.24. The van der Waals surface area contributed by atoms with E-state index in [9.17, 15) is 4.79 Å². The lowest BCUT2D eigenvalue weighted by molar-refractivity contribution is 0.0741. The monoisotopic (exact) mass is 413 g/mol. The van der Waals surface area contributed by atoms with E-state index in [1.54, 1.807) is 12.7 Å². The molecule has 3 aromatic heterocycles. The Morgan fingerprint density at radius 3 is 2.45 bits per heavy atom. The molecule has 1 saturated heterocycles. The molecule has 8 nitrogen and oxygen atoms in total. The third-order valence-corrected chi connectivity index (χ3v) is 5.85. The summed E-state index contributed by atoms with van der Waals surface area (Å²) >= 11 is 0. The first-order valence-electron chi connectivity index (χ1n) is 10.3. The molecule has 1 aliphatic heterocycles. The number of benzene rings is 1. The SMILES string of the molecule is Cc1ncn(-c2cc(N3CCN(C(=O)c4ccc5ccccc5n4)CC3)ncn2)c1C. The first-order valence-corrected chi connectivity index (χ1v) is 10.3. The number of carbonyl (C=O) groups is 1. The second kappa shape index (κ2) is 7.79. The molecule has 8 heteroatoms. The number of imidazole rings is 1. The number of piperazine rings is 1. The van der Waals surface area contributed by atoms with Crippen LogP contribution in [0.5, 0.6) is 0 Å². The van der Waals surface area contributed by atoms with Gasteiger partial charge in [0.15, 0.2) is 0 Å². The molecule has 1 aliphatic rings. The highest BCUT2D eigenvalue weighted by Crippen LogP contribution is 2.19. The molecule has 0 aliphatic carbocycles. The van der Waals surface area contributed by atoms with Crippen molar-refractivity contribution in [3.63, 3.8) is 0 Å². The topological polar surface area (TPSA) is 80.0 Å². The number of aryl methyl sites for hydroxylation is 1. The van der Waals surface area contributed by atoms with Crippen molar-refractivity contribution in [2.45, 2.75) is 13.8 Å². The second-order valence-electron chi connectivity index (χ2n) is 7.69. The number of nitrogens with zero attached hydrogens (tertiary/aromatic N) is 7. The highest BCUT2D eigenvalue weighted by atomic mass is 16.2. The van der Waals surface area contributed by atoms with Gasteiger partial charge in [0.2, 0.25) is 0 Å². The third kappa shape index (κ3) is 3.61. The molecule has 0 spiro atoms. The number of pyridine rings is 1. The molecule has 0 atom stereocenters. The van der Waals surface area contributed by atoms with Gasteiger partial charge in [-0.3, -0.25) is 9.36 Å². The van der Waals surface area contributed by atoms with Crippen LogP contribution in [-0.4, -0.2) is 61.5 Å². The van der Waals surface area contributed by atoms with Crippen molar-refractivity contribution in [3.05, 3.63) is 72.2 Å². The van der Waals surface area contributed by atoms with Crippen LogP contribution in [0.25, 0.3) is 16.7 Å². The Kier molecular flexibility index (Phi) is 4.82. The largest absolute Gasteiger partial charge is 0.353 e. The highest BCUT2D eigenvalue weighted by molar-refractivity contribution is 5.95. The van der Waals surface area contributed by atoms with Crippen molar-refractivity contribution in [2.24, 2.45) is 0 Å². The Bertz CT molecular complexity index is 1260. The molecular formula is C23H23N7O. The summed E-state index contributed by atoms with van der Waals surface area (Å²) in [5.41, 5.74) is 3.37. The molecule has 0 radical (unpaired) electrons. The van der Waals surface area contributed by atoms with Gasteiger partial charge in [-0.15, -0.1) is 0 Å². The fourth-order valence-electron chi connectivity index (χ4n) is 3.86. The van der Waals surface area contributed by atoms with Crippen LogP contribution in [0, 0.1) is 13.8 Å². The first kappa shape index (κ1) is 19.2. The predicted octanol–water partition coefficient (Wildman–Crippen LogP) is 2.79. The molecule has 0 bridgehead atoms. The van der Waals surface area contributed by atoms with Crippen LogP contribution in [-0.2, 0) is 0 Å². The van der Waals surface area contributed by atoms with Crippen molar-refractivity contribution in [3.8, 4) is 5.82 Å². The van der Waals surface area contributed by atoms with Crippen LogP contribution < -0.4 is 4.90 Å². The van der Waals surface area contributed by atoms with Crippen molar-refractivity contribution in [2.75, 3.05) is 31.1 Å². The Hall–Kier alpha value is -3.81. The van der Waals surface area contributed by atoms with Gasteiger partial charge in [0.25, 0.3) is 5.91 Å². The maximum atomic E-state index is 13.0. The van der Waals surface area contributed by atoms with E-state index in [-0.39, 0.29) is 5.91 Å². The molecule has 156 valence electrons. The average Bonchev–Trinajstić information content (AvgIpc) is 3.16. The summed E-state index contributed by atoms with van der Waals surface area (Å²) in [7, 11) is 0. The van der Waals surface area contributed by atoms with E-state index >= 15 is 0 Å². The average molecular weight is 413 g/mol. The molecule has 0 saturated carbocycles. The Morgan fingerprint density at radius 1 is 0.903 bits per heavy atom. The minimum absolute atomic E-state index is 0.0294. The molecule has 0 N–H and O–H groups in total. The summed E-state index contributed by atoms with van der Waals surface area (Å²) in [5, 5.41) is 1.03. The lowest BCUT2D eigenvalue weighted by Gasteiger charge is -2.35.